The first-order chi connectivity index (χ1) is 10.2. The number of carboxylic acids is 1. The third-order valence-electron chi connectivity index (χ3n) is 4.70. The number of halogens is 1. The van der Waals surface area contributed by atoms with Gasteiger partial charge >= 0.3 is 16.2 Å². The highest BCUT2D eigenvalue weighted by Crippen LogP contribution is 2.41. The van der Waals surface area contributed by atoms with Crippen LogP contribution < -0.4 is 0 Å². The van der Waals surface area contributed by atoms with Crippen molar-refractivity contribution < 1.29 is 27.0 Å². The number of carbonyl (C=O) groups is 2. The summed E-state index contributed by atoms with van der Waals surface area (Å²) < 4.78 is 34.2. The summed E-state index contributed by atoms with van der Waals surface area (Å²) in [5, 5.41) is 9.14. The fourth-order valence-electron chi connectivity index (χ4n) is 3.82. The summed E-state index contributed by atoms with van der Waals surface area (Å²) in [5.74, 6) is -2.25. The van der Waals surface area contributed by atoms with E-state index in [0.29, 0.717) is 6.54 Å². The molecule has 2 aliphatic rings. The van der Waals surface area contributed by atoms with Crippen LogP contribution in [0.3, 0.4) is 0 Å². The minimum absolute atomic E-state index is 0.0167. The number of rotatable bonds is 6. The van der Waals surface area contributed by atoms with Crippen molar-refractivity contribution in [3.63, 3.8) is 0 Å². The number of hydrogen-bond acceptors (Lipinski definition) is 4. The lowest BCUT2D eigenvalue weighted by atomic mass is 9.71. The zero-order chi connectivity index (χ0) is 16.4. The van der Waals surface area contributed by atoms with Crippen LogP contribution in [0.2, 0.25) is 0 Å². The molecule has 0 aromatic carbocycles. The summed E-state index contributed by atoms with van der Waals surface area (Å²) in [6.45, 7) is 0.532. The molecule has 1 aliphatic carbocycles. The number of hydrogen-bond donors (Lipinski definition) is 1. The smallest absolute Gasteiger partial charge is 0.303 e. The van der Waals surface area contributed by atoms with E-state index in [1.807, 2.05) is 0 Å². The van der Waals surface area contributed by atoms with Gasteiger partial charge in [-0.3, -0.25) is 9.59 Å². The molecule has 0 radical (unpaired) electrons. The molecule has 8 heteroatoms. The van der Waals surface area contributed by atoms with Gasteiger partial charge in [0.1, 0.15) is 0 Å². The van der Waals surface area contributed by atoms with Crippen LogP contribution in [0.5, 0.6) is 0 Å². The van der Waals surface area contributed by atoms with Crippen molar-refractivity contribution in [1.29, 1.82) is 0 Å². The van der Waals surface area contributed by atoms with Crippen LogP contribution >= 0.6 is 0 Å². The van der Waals surface area contributed by atoms with E-state index >= 15 is 0 Å². The zero-order valence-electron chi connectivity index (χ0n) is 12.5. The number of carboxylic acid groups (broad SMARTS) is 1. The van der Waals surface area contributed by atoms with Gasteiger partial charge in [0.15, 0.2) is 0 Å². The van der Waals surface area contributed by atoms with Crippen molar-refractivity contribution in [1.82, 2.24) is 4.90 Å². The number of nitrogens with zero attached hydrogens (tertiary/aromatic N) is 1. The summed E-state index contributed by atoms with van der Waals surface area (Å²) >= 11 is 0. The number of carbonyl (C=O) groups excluding carboxylic acids is 1. The maximum atomic E-state index is 12.8. The molecule has 0 bridgehead atoms. The Morgan fingerprint density at radius 2 is 1.95 bits per heavy atom. The van der Waals surface area contributed by atoms with Gasteiger partial charge in [0, 0.05) is 25.4 Å². The van der Waals surface area contributed by atoms with Gasteiger partial charge in [-0.15, -0.1) is 3.89 Å². The summed E-state index contributed by atoms with van der Waals surface area (Å²) in [7, 11) is -4.59. The quantitative estimate of drug-likeness (QED) is 0.744. The van der Waals surface area contributed by atoms with Crippen LogP contribution in [0, 0.1) is 11.3 Å². The Kier molecular flexibility index (Phi) is 5.09. The zero-order valence-corrected chi connectivity index (χ0v) is 13.3. The first-order valence-electron chi connectivity index (χ1n) is 7.61. The van der Waals surface area contributed by atoms with Crippen molar-refractivity contribution in [3.05, 3.63) is 0 Å². The van der Waals surface area contributed by atoms with E-state index in [2.05, 4.69) is 0 Å². The third-order valence-corrected chi connectivity index (χ3v) is 5.57. The van der Waals surface area contributed by atoms with Gasteiger partial charge < -0.3 is 10.0 Å². The predicted molar refractivity (Wildman–Crippen MR) is 77.4 cm³/mol. The van der Waals surface area contributed by atoms with Crippen LogP contribution in [0.25, 0.3) is 0 Å². The average molecular weight is 335 g/mol. The van der Waals surface area contributed by atoms with Crippen LogP contribution in [0.4, 0.5) is 3.89 Å². The highest BCUT2D eigenvalue weighted by Gasteiger charge is 2.41. The van der Waals surface area contributed by atoms with E-state index in [1.54, 1.807) is 0 Å². The second-order valence-electron chi connectivity index (χ2n) is 6.68. The molecule has 22 heavy (non-hydrogen) atoms. The minimum atomic E-state index is -4.59. The first kappa shape index (κ1) is 17.2. The Labute approximate surface area is 129 Å². The molecule has 1 saturated carbocycles. The van der Waals surface area contributed by atoms with Gasteiger partial charge in [-0.25, -0.2) is 0 Å². The van der Waals surface area contributed by atoms with Gasteiger partial charge in [0.25, 0.3) is 0 Å². The summed E-state index contributed by atoms with van der Waals surface area (Å²) in [6.07, 6.45) is 4.51. The van der Waals surface area contributed by atoms with Gasteiger partial charge in [-0.2, -0.15) is 8.42 Å². The Balaban J connectivity index is 2.03. The fraction of sp³-hybridized carbons (Fsp3) is 0.857. The molecule has 1 amide bonds. The monoisotopic (exact) mass is 335 g/mol. The highest BCUT2D eigenvalue weighted by atomic mass is 32.3. The van der Waals surface area contributed by atoms with Crippen LogP contribution in [-0.4, -0.2) is 49.1 Å². The molecule has 1 heterocycles. The Hall–Kier alpha value is -1.18. The molecule has 126 valence electrons. The van der Waals surface area contributed by atoms with Crippen LogP contribution in [0.15, 0.2) is 0 Å². The van der Waals surface area contributed by atoms with E-state index in [9.17, 15) is 21.9 Å². The lowest BCUT2D eigenvalue weighted by molar-refractivity contribution is -0.142. The van der Waals surface area contributed by atoms with E-state index in [0.717, 1.165) is 32.1 Å². The second kappa shape index (κ2) is 6.52. The molecule has 0 spiro atoms. The highest BCUT2D eigenvalue weighted by molar-refractivity contribution is 7.86. The van der Waals surface area contributed by atoms with E-state index in [1.165, 1.54) is 4.90 Å². The number of likely N-dealkylation sites (tertiary alicyclic amines) is 1. The molecule has 1 N–H and O–H groups in total. The van der Waals surface area contributed by atoms with Crippen molar-refractivity contribution in [2.24, 2.45) is 11.3 Å². The van der Waals surface area contributed by atoms with Crippen LogP contribution in [0.1, 0.15) is 44.9 Å². The summed E-state index contributed by atoms with van der Waals surface area (Å²) in [4.78, 5) is 24.7. The fourth-order valence-corrected chi connectivity index (χ4v) is 4.60. The third kappa shape index (κ3) is 4.66. The molecule has 2 rings (SSSR count). The van der Waals surface area contributed by atoms with Crippen molar-refractivity contribution >= 4 is 22.1 Å². The molecule has 2 fully saturated rings. The second-order valence-corrected chi connectivity index (χ2v) is 8.09. The molecule has 1 atom stereocenters. The molecular formula is C14H22FNO5S. The van der Waals surface area contributed by atoms with Gasteiger partial charge in [0.05, 0.1) is 12.2 Å². The lowest BCUT2D eigenvalue weighted by Gasteiger charge is -2.39. The topological polar surface area (TPSA) is 91.8 Å². The van der Waals surface area contributed by atoms with Crippen LogP contribution in [-0.2, 0) is 19.8 Å². The van der Waals surface area contributed by atoms with Gasteiger partial charge in [0.2, 0.25) is 5.91 Å². The normalized spacial score (nSPS) is 25.4. The molecule has 1 unspecified atom stereocenters. The standard InChI is InChI=1S/C14H22FNO5S/c15-22(20,21)9-11-6-12(17)16(8-11)10-14(7-13(18)19)4-2-1-3-5-14/h11H,1-10H2,(H,18,19). The Bertz CT molecular complexity index is 541. The largest absolute Gasteiger partial charge is 0.481 e. The van der Waals surface area contributed by atoms with Crippen molar-refractivity contribution in [2.45, 2.75) is 44.9 Å². The SMILES string of the molecule is O=C(O)CC1(CN2CC(CS(=O)(=O)F)CC2=O)CCCCC1. The van der Waals surface area contributed by atoms with E-state index < -0.39 is 33.3 Å². The molecule has 1 aliphatic heterocycles. The Morgan fingerprint density at radius 1 is 1.32 bits per heavy atom. The summed E-state index contributed by atoms with van der Waals surface area (Å²) in [5.41, 5.74) is -0.427. The Morgan fingerprint density at radius 3 is 2.50 bits per heavy atom. The summed E-state index contributed by atoms with van der Waals surface area (Å²) in [6, 6.07) is 0. The van der Waals surface area contributed by atoms with Gasteiger partial charge in [-0.05, 0) is 18.3 Å². The molecule has 0 aromatic rings. The molecule has 1 saturated heterocycles. The number of aliphatic carboxylic acids is 1. The lowest BCUT2D eigenvalue weighted by Crippen LogP contribution is -2.41. The van der Waals surface area contributed by atoms with Crippen molar-refractivity contribution in [2.75, 3.05) is 18.8 Å². The first-order valence-corrected chi connectivity index (χ1v) is 9.16. The molecule has 6 nitrogen and oxygen atoms in total. The minimum Gasteiger partial charge on any atom is -0.481 e. The number of amides is 1. The molecular weight excluding hydrogens is 313 g/mol. The van der Waals surface area contributed by atoms with E-state index in [4.69, 9.17) is 5.11 Å². The van der Waals surface area contributed by atoms with Crippen molar-refractivity contribution in [3.8, 4) is 0 Å². The van der Waals surface area contributed by atoms with Gasteiger partial charge in [-0.1, -0.05) is 19.3 Å². The maximum Gasteiger partial charge on any atom is 0.303 e. The maximum absolute atomic E-state index is 12.8. The molecule has 0 aromatic heterocycles. The average Bonchev–Trinajstić information content (AvgIpc) is 2.66. The predicted octanol–water partition coefficient (Wildman–Crippen LogP) is 1.56. The van der Waals surface area contributed by atoms with E-state index in [-0.39, 0.29) is 25.3 Å².